The lowest BCUT2D eigenvalue weighted by molar-refractivity contribution is 0.0280. The maximum atomic E-state index is 11.3. The Morgan fingerprint density at radius 3 is 2.87 bits per heavy atom. The minimum atomic E-state index is -0.740. The Balaban J connectivity index is 2.17. The van der Waals surface area contributed by atoms with Crippen LogP contribution in [0.1, 0.15) is 22.1 Å². The van der Waals surface area contributed by atoms with Gasteiger partial charge in [0.05, 0.1) is 5.56 Å². The molecule has 0 saturated carbocycles. The average Bonchev–Trinajstić information content (AvgIpc) is 2.54. The van der Waals surface area contributed by atoms with Crippen molar-refractivity contribution in [3.63, 3.8) is 0 Å². The molecule has 78 valence electrons. The first-order chi connectivity index (χ1) is 7.18. The Kier molecular flexibility index (Phi) is 2.26. The topological polar surface area (TPSA) is 93.5 Å². The fourth-order valence-corrected chi connectivity index (χ4v) is 1.39. The van der Waals surface area contributed by atoms with Crippen molar-refractivity contribution in [2.24, 2.45) is 5.73 Å². The number of esters is 1. The minimum absolute atomic E-state index is 0.422. The summed E-state index contributed by atoms with van der Waals surface area (Å²) in [6.07, 6.45) is -0.679. The zero-order valence-corrected chi connectivity index (χ0v) is 7.69. The molecule has 1 unspecified atom stereocenters. The van der Waals surface area contributed by atoms with E-state index in [2.05, 4.69) is 10.9 Å². The lowest BCUT2D eigenvalue weighted by Gasteiger charge is -2.12. The lowest BCUT2D eigenvalue weighted by atomic mass is 10.1. The fourth-order valence-electron chi connectivity index (χ4n) is 1.39. The van der Waals surface area contributed by atoms with Gasteiger partial charge in [0, 0.05) is 5.56 Å². The Hall–Kier alpha value is -2.08. The van der Waals surface area contributed by atoms with Crippen LogP contribution in [-0.2, 0) is 4.74 Å². The molecule has 1 atom stereocenters. The van der Waals surface area contributed by atoms with Crippen molar-refractivity contribution >= 4 is 12.0 Å². The number of nitrogens with one attached hydrogen (secondary N) is 2. The summed E-state index contributed by atoms with van der Waals surface area (Å²) in [5, 5.41) is 0. The maximum Gasteiger partial charge on any atom is 0.340 e. The molecular formula is C9H9N3O3. The normalized spacial score (nSPS) is 18.1. The Morgan fingerprint density at radius 2 is 2.13 bits per heavy atom. The summed E-state index contributed by atoms with van der Waals surface area (Å²) >= 11 is 0. The number of cyclic esters (lactones) is 1. The van der Waals surface area contributed by atoms with Crippen molar-refractivity contribution in [2.45, 2.75) is 6.23 Å². The number of hydrazine groups is 1. The number of hydrogen-bond acceptors (Lipinski definition) is 4. The second-order valence-corrected chi connectivity index (χ2v) is 3.01. The third kappa shape index (κ3) is 1.75. The van der Waals surface area contributed by atoms with E-state index >= 15 is 0 Å². The maximum absolute atomic E-state index is 11.3. The number of urea groups is 1. The summed E-state index contributed by atoms with van der Waals surface area (Å²) in [5.74, 6) is -0.422. The van der Waals surface area contributed by atoms with E-state index in [1.54, 1.807) is 24.3 Å². The predicted molar refractivity (Wildman–Crippen MR) is 50.5 cm³/mol. The zero-order chi connectivity index (χ0) is 10.8. The number of primary amides is 1. The van der Waals surface area contributed by atoms with Gasteiger partial charge in [-0.15, -0.1) is 0 Å². The molecule has 6 heteroatoms. The van der Waals surface area contributed by atoms with Gasteiger partial charge >= 0.3 is 12.0 Å². The van der Waals surface area contributed by atoms with Gasteiger partial charge in [0.2, 0.25) is 0 Å². The molecule has 0 bridgehead atoms. The number of benzene rings is 1. The Bertz CT molecular complexity index is 419. The first-order valence-electron chi connectivity index (χ1n) is 4.29. The Labute approximate surface area is 85.4 Å². The highest BCUT2D eigenvalue weighted by molar-refractivity contribution is 5.93. The van der Waals surface area contributed by atoms with Crippen molar-refractivity contribution in [1.82, 2.24) is 10.9 Å². The molecule has 0 aromatic heterocycles. The van der Waals surface area contributed by atoms with Gasteiger partial charge in [0.15, 0.2) is 6.23 Å². The molecule has 0 aliphatic carbocycles. The number of carbonyl (C=O) groups excluding carboxylic acids is 2. The SMILES string of the molecule is NC(=O)NNC1OC(=O)c2ccccc21. The van der Waals surface area contributed by atoms with E-state index in [0.717, 1.165) is 0 Å². The standard InChI is InChI=1S/C9H9N3O3/c10-9(14)12-11-7-5-3-1-2-4-6(5)8(13)15-7/h1-4,7,11H,(H3,10,12,14). The highest BCUT2D eigenvalue weighted by atomic mass is 16.6. The van der Waals surface area contributed by atoms with Crippen molar-refractivity contribution in [2.75, 3.05) is 0 Å². The molecule has 0 radical (unpaired) electrons. The van der Waals surface area contributed by atoms with Crippen molar-refractivity contribution in [1.29, 1.82) is 0 Å². The largest absolute Gasteiger partial charge is 0.437 e. The van der Waals surface area contributed by atoms with Crippen LogP contribution in [0, 0.1) is 0 Å². The highest BCUT2D eigenvalue weighted by Crippen LogP contribution is 2.27. The quantitative estimate of drug-likeness (QED) is 0.471. The van der Waals surface area contributed by atoms with Crippen LogP contribution in [0.4, 0.5) is 4.79 Å². The number of amides is 2. The summed E-state index contributed by atoms with van der Waals surface area (Å²) in [5.41, 5.74) is 10.7. The van der Waals surface area contributed by atoms with Crippen LogP contribution in [0.3, 0.4) is 0 Å². The van der Waals surface area contributed by atoms with Crippen LogP contribution < -0.4 is 16.6 Å². The van der Waals surface area contributed by atoms with E-state index in [1.165, 1.54) is 0 Å². The van der Waals surface area contributed by atoms with Crippen LogP contribution in [0.5, 0.6) is 0 Å². The van der Waals surface area contributed by atoms with Crippen molar-refractivity contribution in [3.8, 4) is 0 Å². The summed E-state index contributed by atoms with van der Waals surface area (Å²) in [6, 6.07) is 6.17. The fraction of sp³-hybridized carbons (Fsp3) is 0.111. The molecular weight excluding hydrogens is 198 g/mol. The molecule has 1 aromatic carbocycles. The molecule has 1 aromatic rings. The van der Waals surface area contributed by atoms with Crippen LogP contribution in [0.2, 0.25) is 0 Å². The van der Waals surface area contributed by atoms with E-state index < -0.39 is 18.2 Å². The third-order valence-corrected chi connectivity index (χ3v) is 2.01. The molecule has 0 spiro atoms. The minimum Gasteiger partial charge on any atom is -0.437 e. The molecule has 1 heterocycles. The van der Waals surface area contributed by atoms with Gasteiger partial charge < -0.3 is 10.5 Å². The highest BCUT2D eigenvalue weighted by Gasteiger charge is 2.30. The van der Waals surface area contributed by atoms with Gasteiger partial charge in [0.1, 0.15) is 0 Å². The van der Waals surface area contributed by atoms with Crippen LogP contribution in [0.15, 0.2) is 24.3 Å². The second-order valence-electron chi connectivity index (χ2n) is 3.01. The monoisotopic (exact) mass is 207 g/mol. The Morgan fingerprint density at radius 1 is 1.40 bits per heavy atom. The summed E-state index contributed by atoms with van der Waals surface area (Å²) in [6.45, 7) is 0. The van der Waals surface area contributed by atoms with Crippen LogP contribution in [-0.4, -0.2) is 12.0 Å². The molecule has 4 N–H and O–H groups in total. The first-order valence-corrected chi connectivity index (χ1v) is 4.29. The number of hydrogen-bond donors (Lipinski definition) is 3. The number of nitrogens with two attached hydrogens (primary N) is 1. The van der Waals surface area contributed by atoms with Crippen LogP contribution >= 0.6 is 0 Å². The number of fused-ring (bicyclic) bond motifs is 1. The van der Waals surface area contributed by atoms with Gasteiger partial charge in [0.25, 0.3) is 0 Å². The van der Waals surface area contributed by atoms with Gasteiger partial charge in [-0.3, -0.25) is 5.43 Å². The average molecular weight is 207 g/mol. The molecule has 15 heavy (non-hydrogen) atoms. The van der Waals surface area contributed by atoms with Gasteiger partial charge in [-0.2, -0.15) is 5.43 Å². The summed E-state index contributed by atoms with van der Waals surface area (Å²) in [7, 11) is 0. The molecule has 1 aliphatic rings. The van der Waals surface area contributed by atoms with E-state index in [-0.39, 0.29) is 0 Å². The molecule has 2 amide bonds. The second kappa shape index (κ2) is 3.58. The molecule has 1 aliphatic heterocycles. The zero-order valence-electron chi connectivity index (χ0n) is 7.69. The summed E-state index contributed by atoms with van der Waals surface area (Å²) < 4.78 is 4.96. The smallest absolute Gasteiger partial charge is 0.340 e. The van der Waals surface area contributed by atoms with Gasteiger partial charge in [-0.1, -0.05) is 18.2 Å². The van der Waals surface area contributed by atoms with E-state index in [4.69, 9.17) is 10.5 Å². The molecule has 0 saturated heterocycles. The first kappa shape index (κ1) is 9.47. The lowest BCUT2D eigenvalue weighted by Crippen LogP contribution is -2.43. The van der Waals surface area contributed by atoms with Crippen molar-refractivity contribution in [3.05, 3.63) is 35.4 Å². The van der Waals surface area contributed by atoms with E-state index in [9.17, 15) is 9.59 Å². The number of rotatable bonds is 2. The van der Waals surface area contributed by atoms with E-state index in [1.807, 2.05) is 0 Å². The van der Waals surface area contributed by atoms with Gasteiger partial charge in [-0.05, 0) is 6.07 Å². The molecule has 2 rings (SSSR count). The number of carbonyl (C=O) groups is 2. The van der Waals surface area contributed by atoms with Gasteiger partial charge in [-0.25, -0.2) is 9.59 Å². The molecule has 0 fully saturated rings. The number of ether oxygens (including phenoxy) is 1. The van der Waals surface area contributed by atoms with Crippen LogP contribution in [0.25, 0.3) is 0 Å². The van der Waals surface area contributed by atoms with E-state index in [0.29, 0.717) is 11.1 Å². The third-order valence-electron chi connectivity index (χ3n) is 2.01. The van der Waals surface area contributed by atoms with Crippen molar-refractivity contribution < 1.29 is 14.3 Å². The predicted octanol–water partition coefficient (Wildman–Crippen LogP) is 0.0285. The summed E-state index contributed by atoms with van der Waals surface area (Å²) in [4.78, 5) is 21.8. The molecule has 6 nitrogen and oxygen atoms in total.